The summed E-state index contributed by atoms with van der Waals surface area (Å²) in [6.45, 7) is 0. The van der Waals surface area contributed by atoms with Gasteiger partial charge in [-0.1, -0.05) is 237 Å². The number of furan rings is 4. The van der Waals surface area contributed by atoms with E-state index in [9.17, 15) is 0 Å². The van der Waals surface area contributed by atoms with E-state index in [2.05, 4.69) is 337 Å². The molecular weight excluding hydrogens is 1500 g/mol. The summed E-state index contributed by atoms with van der Waals surface area (Å²) in [4.78, 5) is 33.2. The summed E-state index contributed by atoms with van der Waals surface area (Å²) >= 11 is 0. The zero-order chi connectivity index (χ0) is 79.5. The summed E-state index contributed by atoms with van der Waals surface area (Å²) in [6, 6.07) is 129. The van der Waals surface area contributed by atoms with Gasteiger partial charge in [-0.2, -0.15) is 0 Å². The van der Waals surface area contributed by atoms with Crippen LogP contribution in [0.3, 0.4) is 0 Å². The minimum atomic E-state index is 0.496. The van der Waals surface area contributed by atoms with Crippen LogP contribution >= 0.6 is 0 Å². The molecule has 0 radical (unpaired) electrons. The zero-order valence-electron chi connectivity index (χ0n) is 64.9. The first-order valence-electron chi connectivity index (χ1n) is 41.0. The fraction of sp³-hybridized carbons (Fsp3) is 0. The van der Waals surface area contributed by atoms with E-state index in [-0.39, 0.29) is 0 Å². The molecule has 19 aromatic carbocycles. The van der Waals surface area contributed by atoms with Gasteiger partial charge >= 0.3 is 0 Å². The Morgan fingerprint density at radius 1 is 0.172 bits per heavy atom. The van der Waals surface area contributed by atoms with Crippen molar-refractivity contribution in [2.75, 3.05) is 0 Å². The van der Waals surface area contributed by atoms with Crippen molar-refractivity contribution in [3.63, 3.8) is 0 Å². The van der Waals surface area contributed by atoms with Crippen LogP contribution in [0.2, 0.25) is 0 Å². The topological polar surface area (TPSA) is 140 Å². The molecule has 0 atom stereocenters. The maximum absolute atomic E-state index is 7.34. The lowest BCUT2D eigenvalue weighted by atomic mass is 9.98. The van der Waals surface area contributed by atoms with Crippen molar-refractivity contribution in [3.8, 4) is 90.8 Å². The van der Waals surface area contributed by atoms with Crippen molar-refractivity contribution in [3.05, 3.63) is 364 Å². The molecule has 0 amide bonds. The molecule has 12 nitrogen and oxygen atoms in total. The Labute approximate surface area is 692 Å². The summed E-state index contributed by atoms with van der Waals surface area (Å²) in [7, 11) is 0. The van der Waals surface area contributed by atoms with E-state index in [1.165, 1.54) is 5.39 Å². The second-order valence-corrected chi connectivity index (χ2v) is 32.0. The third-order valence-electron chi connectivity index (χ3n) is 25.1. The number of fused-ring (bicyclic) bond motifs is 25. The fourth-order valence-electron chi connectivity index (χ4n) is 19.3. The maximum atomic E-state index is 7.34. The Morgan fingerprint density at radius 3 is 1.14 bits per heavy atom. The van der Waals surface area contributed by atoms with Crippen LogP contribution in [-0.4, -0.2) is 39.0 Å². The molecule has 12 heteroatoms. The van der Waals surface area contributed by atoms with E-state index in [4.69, 9.17) is 47.6 Å². The Kier molecular flexibility index (Phi) is 13.8. The highest BCUT2D eigenvalue weighted by atomic mass is 16.3. The first-order valence-corrected chi connectivity index (χ1v) is 41.0. The van der Waals surface area contributed by atoms with Gasteiger partial charge in [0.1, 0.15) is 44.7 Å². The standard InChI is InChI=1S/C110H60N8O4/c1-2-19-65-50-72(38-35-61(65)17-1)106-112-108(74-42-46-82-80-28-12-16-32-97(80)120-100(82)56-74)116-109(114-106)87-57-86-83-47-40-71-49-70(39-44-76(71)104(83)122-101(86)59-94(87)117-90-29-13-9-25-77(90)84-51-66-20-3-5-22-68(66)53-92(84)117)62-33-36-64(37-34-62)105-111-107(73-41-45-81-79-27-11-15-31-96(79)119-99(81)55-73)115-110(113-105)88-58-89-102(121-98-48-43-63-18-7-8-24-75(63)103(89)98)60-95(88)118-91-30-14-10-26-78(91)85-52-67-21-4-6-23-69(67)54-93(85)118/h1-60H. The molecule has 122 heavy (non-hydrogen) atoms. The summed E-state index contributed by atoms with van der Waals surface area (Å²) in [5.74, 6) is 3.06. The molecule has 8 heterocycles. The number of benzene rings is 19. The third-order valence-corrected chi connectivity index (χ3v) is 25.1. The summed E-state index contributed by atoms with van der Waals surface area (Å²) < 4.78 is 32.2. The first kappa shape index (κ1) is 66.4. The van der Waals surface area contributed by atoms with Gasteiger partial charge in [-0.15, -0.1) is 0 Å². The lowest BCUT2D eigenvalue weighted by Crippen LogP contribution is -2.04. The number of hydrogen-bond donors (Lipinski definition) is 0. The molecule has 0 aliphatic rings. The van der Waals surface area contributed by atoms with Gasteiger partial charge in [0.25, 0.3) is 0 Å². The average molecular weight is 1560 g/mol. The fourth-order valence-corrected chi connectivity index (χ4v) is 19.3. The van der Waals surface area contributed by atoms with Crippen LogP contribution < -0.4 is 0 Å². The highest BCUT2D eigenvalue weighted by molar-refractivity contribution is 6.22. The molecular formula is C110H60N8O4. The quantitative estimate of drug-likeness (QED) is 0.137. The molecule has 0 aliphatic heterocycles. The van der Waals surface area contributed by atoms with Crippen LogP contribution in [0.4, 0.5) is 0 Å². The molecule has 0 unspecified atom stereocenters. The second kappa shape index (κ2) is 25.4. The molecule has 0 aliphatic carbocycles. The summed E-state index contributed by atoms with van der Waals surface area (Å²) in [5.41, 5.74) is 18.9. The van der Waals surface area contributed by atoms with Crippen molar-refractivity contribution >= 4 is 185 Å². The summed E-state index contributed by atoms with van der Waals surface area (Å²) in [5, 5.41) is 23.5. The highest BCUT2D eigenvalue weighted by Gasteiger charge is 2.28. The second-order valence-electron chi connectivity index (χ2n) is 32.0. The Bertz CT molecular complexity index is 9260. The number of hydrogen-bond acceptors (Lipinski definition) is 10. The van der Waals surface area contributed by atoms with Crippen molar-refractivity contribution in [1.29, 1.82) is 0 Å². The minimum Gasteiger partial charge on any atom is -0.456 e. The molecule has 0 saturated carbocycles. The maximum Gasteiger partial charge on any atom is 0.166 e. The van der Waals surface area contributed by atoms with Gasteiger partial charge in [-0.25, -0.2) is 29.9 Å². The van der Waals surface area contributed by atoms with Crippen molar-refractivity contribution in [2.24, 2.45) is 0 Å². The van der Waals surface area contributed by atoms with Gasteiger partial charge in [-0.05, 0) is 175 Å². The average Bonchev–Trinajstić information content (AvgIpc) is 1.56. The van der Waals surface area contributed by atoms with Crippen molar-refractivity contribution in [1.82, 2.24) is 39.0 Å². The molecule has 0 saturated heterocycles. The molecule has 0 spiro atoms. The Morgan fingerprint density at radius 2 is 0.549 bits per heavy atom. The number of aromatic nitrogens is 8. The van der Waals surface area contributed by atoms with Gasteiger partial charge in [0.2, 0.25) is 0 Å². The zero-order valence-corrected chi connectivity index (χ0v) is 64.9. The Hall–Kier alpha value is -16.7. The number of para-hydroxylation sites is 4. The molecule has 564 valence electrons. The largest absolute Gasteiger partial charge is 0.456 e. The molecule has 0 fully saturated rings. The molecule has 27 aromatic rings. The smallest absolute Gasteiger partial charge is 0.166 e. The van der Waals surface area contributed by atoms with Gasteiger partial charge in [0.05, 0.1) is 33.4 Å². The van der Waals surface area contributed by atoms with E-state index in [1.54, 1.807) is 0 Å². The predicted octanol–water partition coefficient (Wildman–Crippen LogP) is 29.3. The van der Waals surface area contributed by atoms with Gasteiger partial charge in [0.15, 0.2) is 34.9 Å². The summed E-state index contributed by atoms with van der Waals surface area (Å²) in [6.07, 6.45) is 0. The molecule has 0 N–H and O–H groups in total. The van der Waals surface area contributed by atoms with Crippen LogP contribution in [-0.2, 0) is 0 Å². The monoisotopic (exact) mass is 1560 g/mol. The van der Waals surface area contributed by atoms with Crippen molar-refractivity contribution in [2.45, 2.75) is 0 Å². The van der Waals surface area contributed by atoms with Crippen LogP contribution in [0.1, 0.15) is 0 Å². The lowest BCUT2D eigenvalue weighted by molar-refractivity contribution is 0.668. The third kappa shape index (κ3) is 10.1. The number of rotatable bonds is 9. The molecule has 0 bridgehead atoms. The highest BCUT2D eigenvalue weighted by Crippen LogP contribution is 2.48. The normalized spacial score (nSPS) is 12.3. The molecule has 8 aromatic heterocycles. The van der Waals surface area contributed by atoms with E-state index in [1.807, 2.05) is 36.4 Å². The first-order chi connectivity index (χ1) is 60.4. The minimum absolute atomic E-state index is 0.496. The van der Waals surface area contributed by atoms with E-state index < -0.39 is 0 Å². The van der Waals surface area contributed by atoms with Gasteiger partial charge in [0, 0.05) is 116 Å². The van der Waals surface area contributed by atoms with Crippen LogP contribution in [0.5, 0.6) is 0 Å². The SMILES string of the molecule is c1ccc2cc(-c3nc(-c4ccc5c(c4)oc4ccccc45)nc(-c4cc5c(cc4-n4c6ccccc6c6cc7ccccc7cc64)oc4c6ccc(-c7ccc(-c8nc(-c9ccc%10c(c9)oc9ccccc9%10)nc(-c9cc%10c(cc9-n9c%11ccccc%11c%11cc%12ccccc%12cc%119)oc9ccc%11ccccc%11c9%10)n8)cc7)cc6ccc54)n3)ccc2c1. The lowest BCUT2D eigenvalue weighted by Gasteiger charge is -2.15. The van der Waals surface area contributed by atoms with Crippen LogP contribution in [0.25, 0.3) is 276 Å². The molecule has 27 rings (SSSR count). The van der Waals surface area contributed by atoms with Crippen molar-refractivity contribution < 1.29 is 17.7 Å². The predicted molar refractivity (Wildman–Crippen MR) is 497 cm³/mol. The van der Waals surface area contributed by atoms with E-state index in [0.717, 1.165) is 236 Å². The number of nitrogens with zero attached hydrogens (tertiary/aromatic N) is 8. The van der Waals surface area contributed by atoms with Crippen LogP contribution in [0.15, 0.2) is 382 Å². The van der Waals surface area contributed by atoms with Crippen LogP contribution in [0, 0.1) is 0 Å². The van der Waals surface area contributed by atoms with E-state index in [0.29, 0.717) is 34.9 Å². The van der Waals surface area contributed by atoms with Gasteiger partial charge in [-0.3, -0.25) is 0 Å². The Balaban J connectivity index is 0.626. The van der Waals surface area contributed by atoms with Gasteiger partial charge < -0.3 is 26.8 Å². The van der Waals surface area contributed by atoms with E-state index >= 15 is 0 Å².